The summed E-state index contributed by atoms with van der Waals surface area (Å²) in [7, 11) is -3.92. The molecule has 9 heteroatoms. The number of fused-ring (bicyclic) bond motifs is 2. The minimum atomic E-state index is -3.92. The van der Waals surface area contributed by atoms with E-state index in [1.54, 1.807) is 4.90 Å². The van der Waals surface area contributed by atoms with Crippen LogP contribution in [0.5, 0.6) is 0 Å². The number of hydrogen-bond donors (Lipinski definition) is 1. The number of piperidine rings is 1. The molecule has 0 aromatic heterocycles. The van der Waals surface area contributed by atoms with Crippen LogP contribution in [0, 0.1) is 5.92 Å². The van der Waals surface area contributed by atoms with E-state index in [9.17, 15) is 18.0 Å². The van der Waals surface area contributed by atoms with Gasteiger partial charge in [-0.2, -0.15) is 0 Å². The van der Waals surface area contributed by atoms with Crippen LogP contribution in [0.4, 0.5) is 10.5 Å². The predicted octanol–water partition coefficient (Wildman–Crippen LogP) is 0.695. The first-order valence-electron chi connectivity index (χ1n) is 11.7. The molecule has 0 bridgehead atoms. The number of urea groups is 1. The molecule has 3 amide bonds. The van der Waals surface area contributed by atoms with Gasteiger partial charge in [0.15, 0.2) is 16.1 Å². The van der Waals surface area contributed by atoms with Gasteiger partial charge in [-0.05, 0) is 92.1 Å². The number of benzene rings is 1. The van der Waals surface area contributed by atoms with Crippen molar-refractivity contribution in [1.82, 2.24) is 4.90 Å². The summed E-state index contributed by atoms with van der Waals surface area (Å²) in [6, 6.07) is 1.48. The molecule has 3 aliphatic carbocycles. The van der Waals surface area contributed by atoms with E-state index < -0.39 is 21.3 Å². The van der Waals surface area contributed by atoms with Gasteiger partial charge in [0.1, 0.15) is 0 Å². The van der Waals surface area contributed by atoms with E-state index in [0.717, 1.165) is 74.6 Å². The number of likely N-dealkylation sites (tertiary alicyclic amines) is 1. The summed E-state index contributed by atoms with van der Waals surface area (Å²) in [6.45, 7) is 0.853. The Labute approximate surface area is 232 Å². The molecule has 5 rings (SSSR count). The van der Waals surface area contributed by atoms with Crippen LogP contribution < -0.4 is 56.7 Å². The number of nitrogens with zero attached hydrogens (tertiary/aromatic N) is 2. The van der Waals surface area contributed by atoms with E-state index >= 15 is 0 Å². The smallest absolute Gasteiger partial charge is 0.423 e. The number of amides is 3. The number of aryl methyl sites for hydroxylation is 2. The Morgan fingerprint density at radius 2 is 1.50 bits per heavy atom. The maximum Gasteiger partial charge on any atom is 1.00 e. The van der Waals surface area contributed by atoms with Gasteiger partial charge in [0, 0.05) is 19.0 Å². The van der Waals surface area contributed by atoms with E-state index in [2.05, 4.69) is 16.1 Å². The van der Waals surface area contributed by atoms with Crippen molar-refractivity contribution in [2.24, 2.45) is 5.92 Å². The van der Waals surface area contributed by atoms with Gasteiger partial charge in [0.25, 0.3) is 0 Å². The number of hydrogen-bond acceptors (Lipinski definition) is 4. The molecule has 7 nitrogen and oxygen atoms in total. The van der Waals surface area contributed by atoms with Crippen LogP contribution in [-0.4, -0.2) is 43.6 Å². The maximum absolute atomic E-state index is 12.8. The first-order chi connectivity index (χ1) is 14.9. The second kappa shape index (κ2) is 10.0. The van der Waals surface area contributed by atoms with Crippen LogP contribution in [0.25, 0.3) is 4.72 Å². The minimum absolute atomic E-state index is 0. The van der Waals surface area contributed by atoms with Gasteiger partial charge in [-0.1, -0.05) is 12.5 Å². The number of carbonyl (C=O) groups excluding carboxylic acids is 2. The molecule has 32 heavy (non-hydrogen) atoms. The number of rotatable bonds is 4. The van der Waals surface area contributed by atoms with Crippen molar-refractivity contribution in [3.8, 4) is 0 Å². The first kappa shape index (κ1) is 24.7. The average molecular weight is 484 g/mol. The van der Waals surface area contributed by atoms with Crippen LogP contribution in [0.1, 0.15) is 67.2 Å². The van der Waals surface area contributed by atoms with Crippen LogP contribution in [0.2, 0.25) is 0 Å². The third kappa shape index (κ3) is 4.84. The van der Waals surface area contributed by atoms with Crippen molar-refractivity contribution in [2.45, 2.75) is 75.9 Å². The maximum atomic E-state index is 12.8. The molecule has 1 aromatic carbocycles. The molecule has 168 valence electrons. The largest absolute Gasteiger partial charge is 1.00 e. The van der Waals surface area contributed by atoms with E-state index in [0.29, 0.717) is 25.9 Å². The monoisotopic (exact) mass is 483 g/mol. The van der Waals surface area contributed by atoms with E-state index in [-0.39, 0.29) is 63.2 Å². The van der Waals surface area contributed by atoms with Gasteiger partial charge >= 0.3 is 51.4 Å². The Hall–Kier alpha value is -0.454. The normalized spacial score (nSPS) is 20.7. The zero-order chi connectivity index (χ0) is 21.6. The SMILES string of the molecule is O=C([N-]S(=O)(=O)C1CCN(C(=O)C2CCC2)CC1)Nc1c2c(cc3c1CCC3)CCC2.[K+]. The molecule has 2 fully saturated rings. The first-order valence-corrected chi connectivity index (χ1v) is 13.2. The summed E-state index contributed by atoms with van der Waals surface area (Å²) in [5.41, 5.74) is 5.69. The van der Waals surface area contributed by atoms with Gasteiger partial charge < -0.3 is 14.9 Å². The van der Waals surface area contributed by atoms with Crippen molar-refractivity contribution in [3.63, 3.8) is 0 Å². The van der Waals surface area contributed by atoms with E-state index in [1.807, 2.05) is 0 Å². The predicted molar refractivity (Wildman–Crippen MR) is 119 cm³/mol. The van der Waals surface area contributed by atoms with Crippen molar-refractivity contribution in [3.05, 3.63) is 33.0 Å². The van der Waals surface area contributed by atoms with Crippen molar-refractivity contribution in [1.29, 1.82) is 0 Å². The fourth-order valence-corrected chi connectivity index (χ4v) is 6.81. The second-order valence-corrected chi connectivity index (χ2v) is 11.3. The molecule has 1 aromatic rings. The summed E-state index contributed by atoms with van der Waals surface area (Å²) in [5.74, 6) is 0.279. The number of anilines is 1. The van der Waals surface area contributed by atoms with E-state index in [4.69, 9.17) is 0 Å². The fraction of sp³-hybridized carbons (Fsp3) is 0.652. The Morgan fingerprint density at radius 3 is 2.03 bits per heavy atom. The fourth-order valence-electron chi connectivity index (χ4n) is 5.57. The van der Waals surface area contributed by atoms with Crippen LogP contribution in [0.15, 0.2) is 6.07 Å². The van der Waals surface area contributed by atoms with Gasteiger partial charge in [-0.25, -0.2) is 8.42 Å². The molecular formula is C23H30KN3O4S. The molecule has 1 heterocycles. The Bertz CT molecular complexity index is 982. The van der Waals surface area contributed by atoms with Crippen LogP contribution >= 0.6 is 0 Å². The zero-order valence-electron chi connectivity index (χ0n) is 18.9. The molecule has 4 aliphatic rings. The van der Waals surface area contributed by atoms with Crippen molar-refractivity contribution >= 4 is 27.6 Å². The average Bonchev–Trinajstić information content (AvgIpc) is 3.35. The summed E-state index contributed by atoms with van der Waals surface area (Å²) >= 11 is 0. The summed E-state index contributed by atoms with van der Waals surface area (Å²) < 4.78 is 29.2. The van der Waals surface area contributed by atoms with Crippen molar-refractivity contribution < 1.29 is 69.4 Å². The van der Waals surface area contributed by atoms with Gasteiger partial charge in [0.2, 0.25) is 5.91 Å². The molecule has 1 N–H and O–H groups in total. The van der Waals surface area contributed by atoms with Gasteiger partial charge in [0.05, 0.1) is 5.25 Å². The number of nitrogens with one attached hydrogen (secondary N) is 1. The number of sulfonamides is 1. The number of carbonyl (C=O) groups is 2. The molecule has 1 aliphatic heterocycles. The minimum Gasteiger partial charge on any atom is -0.423 e. The summed E-state index contributed by atoms with van der Waals surface area (Å²) in [6.07, 6.45) is 9.65. The zero-order valence-corrected chi connectivity index (χ0v) is 22.8. The molecular weight excluding hydrogens is 453 g/mol. The van der Waals surface area contributed by atoms with Crippen molar-refractivity contribution in [2.75, 3.05) is 18.4 Å². The molecule has 0 radical (unpaired) electrons. The molecule has 1 saturated heterocycles. The standard InChI is InChI=1S/C23H31N3O4S.K/c27-22(15-4-1-5-15)26-12-10-18(11-13-26)31(29,30)25-23(28)24-21-19-8-2-6-16(19)14-17-7-3-9-20(17)21;/h14-15,18H,1-13H2,(H2,24,25,28);/q;+1/p-1. The summed E-state index contributed by atoms with van der Waals surface area (Å²) in [5, 5.41) is 2.15. The summed E-state index contributed by atoms with van der Waals surface area (Å²) in [4.78, 5) is 26.8. The third-order valence-electron chi connectivity index (χ3n) is 7.54. The Kier molecular flexibility index (Phi) is 7.74. The van der Waals surface area contributed by atoms with Crippen LogP contribution in [-0.2, 0) is 40.5 Å². The third-order valence-corrected chi connectivity index (χ3v) is 9.28. The van der Waals surface area contributed by atoms with Gasteiger partial charge in [-0.15, -0.1) is 0 Å². The topological polar surface area (TPSA) is 97.7 Å². The Morgan fingerprint density at radius 1 is 0.906 bits per heavy atom. The quantitative estimate of drug-likeness (QED) is 0.638. The van der Waals surface area contributed by atoms with Gasteiger partial charge in [-0.3, -0.25) is 9.59 Å². The molecule has 1 saturated carbocycles. The second-order valence-electron chi connectivity index (χ2n) is 9.42. The van der Waals surface area contributed by atoms with E-state index in [1.165, 1.54) is 11.1 Å². The Balaban J connectivity index is 0.00000245. The molecule has 0 spiro atoms. The molecule has 0 atom stereocenters. The van der Waals surface area contributed by atoms with Crippen LogP contribution in [0.3, 0.4) is 0 Å². The molecule has 0 unspecified atom stereocenters.